The number of furan rings is 1. The van der Waals surface area contributed by atoms with E-state index in [1.165, 1.54) is 32.6 Å². The maximum absolute atomic E-state index is 8.67. The van der Waals surface area contributed by atoms with Gasteiger partial charge in [0.1, 0.15) is 5.58 Å². The van der Waals surface area contributed by atoms with Crippen LogP contribution in [0.3, 0.4) is 0 Å². The summed E-state index contributed by atoms with van der Waals surface area (Å²) in [4.78, 5) is 14.2. The summed E-state index contributed by atoms with van der Waals surface area (Å²) >= 11 is 0. The van der Waals surface area contributed by atoms with Crippen LogP contribution in [0.2, 0.25) is 39.3 Å². The Kier molecular flexibility index (Phi) is 13.2. The van der Waals surface area contributed by atoms with E-state index in [2.05, 4.69) is 199 Å². The van der Waals surface area contributed by atoms with Crippen LogP contribution in [-0.2, 0) is 25.5 Å². The molecule has 8 heteroatoms. The van der Waals surface area contributed by atoms with Crippen molar-refractivity contribution < 1.29 is 28.6 Å². The van der Waals surface area contributed by atoms with E-state index in [-0.39, 0.29) is 42.9 Å². The first kappa shape index (κ1) is 48.6. The number of nitrogens with zero attached hydrogens (tertiary/aromatic N) is 4. The molecule has 74 heavy (non-hydrogen) atoms. The molecule has 8 aromatic carbocycles. The molecule has 5 nitrogen and oxygen atoms in total. The zero-order chi connectivity index (χ0) is 54.2. The molecule has 3 aromatic heterocycles. The molecule has 0 atom stereocenters. The first-order valence-corrected chi connectivity index (χ1v) is 32.7. The number of imidazole rings is 1. The van der Waals surface area contributed by atoms with E-state index < -0.39 is 23.0 Å². The van der Waals surface area contributed by atoms with Gasteiger partial charge in [0.15, 0.2) is 0 Å². The molecule has 0 unspecified atom stereocenters. The van der Waals surface area contributed by atoms with Gasteiger partial charge in [-0.25, -0.2) is 0 Å². The molecule has 0 saturated carbocycles. The summed E-state index contributed by atoms with van der Waals surface area (Å²) in [5.41, 5.74) is 11.9. The molecule has 377 valence electrons. The first-order valence-electron chi connectivity index (χ1n) is 27.2. The average molecular weight is 1180 g/mol. The summed E-state index contributed by atoms with van der Waals surface area (Å²) in [6.45, 7) is 27.8. The standard InChI is InChI=1S/C52H53N2OSi2.C14H15N2.Ir/c1-31(2)42-27-37(36-24-38(56(6,7)8)29-39(25-36)57(9,10)11)28-43(32(3)4)50(42)54-47-19-15-14-18-46(47)53-52(54)41-23-20-33(5)49-45-26-35-22-21-34-16-12-13-17-40(34)44(35)30-48(45)55-51(41)49;1-14(2,3)12-9-10-15-13(16-12)11-7-5-4-6-8-11;/h12-22,24-32H,1-11H3;4-7,9-10H,1-3H3;/q2*-1;/i5D3;;. The average Bonchev–Trinajstić information content (AvgIpc) is 4.06. The van der Waals surface area contributed by atoms with Crippen LogP contribution in [0.15, 0.2) is 150 Å². The Morgan fingerprint density at radius 3 is 1.95 bits per heavy atom. The Labute approximate surface area is 458 Å². The predicted octanol–water partition coefficient (Wildman–Crippen LogP) is 17.2. The Morgan fingerprint density at radius 2 is 1.30 bits per heavy atom. The topological polar surface area (TPSA) is 56.7 Å². The number of rotatable bonds is 8. The largest absolute Gasteiger partial charge is 0.501 e. The quantitative estimate of drug-likeness (QED) is 0.0864. The fourth-order valence-electron chi connectivity index (χ4n) is 9.99. The fraction of sp³-hybridized carbons (Fsp3) is 0.258. The third-order valence-electron chi connectivity index (χ3n) is 14.2. The summed E-state index contributed by atoms with van der Waals surface area (Å²) in [5.74, 6) is 1.77. The summed E-state index contributed by atoms with van der Waals surface area (Å²) < 4.78 is 35.2. The van der Waals surface area contributed by atoms with Gasteiger partial charge in [0.05, 0.1) is 44.4 Å². The third-order valence-corrected chi connectivity index (χ3v) is 18.2. The van der Waals surface area contributed by atoms with Crippen molar-refractivity contribution in [3.63, 3.8) is 0 Å². The Balaban J connectivity index is 0.000000364. The van der Waals surface area contributed by atoms with Crippen molar-refractivity contribution in [2.45, 2.75) is 112 Å². The van der Waals surface area contributed by atoms with Crippen LogP contribution >= 0.6 is 0 Å². The van der Waals surface area contributed by atoms with Crippen molar-refractivity contribution in [2.24, 2.45) is 0 Å². The molecule has 3 heterocycles. The van der Waals surface area contributed by atoms with Crippen LogP contribution in [0.25, 0.3) is 94.1 Å². The second-order valence-corrected chi connectivity index (χ2v) is 33.6. The molecule has 1 radical (unpaired) electrons. The molecule has 0 fully saturated rings. The van der Waals surface area contributed by atoms with Gasteiger partial charge in [0.2, 0.25) is 0 Å². The summed E-state index contributed by atoms with van der Waals surface area (Å²) in [6, 6.07) is 55.2. The van der Waals surface area contributed by atoms with Gasteiger partial charge in [-0.3, -0.25) is 15.0 Å². The van der Waals surface area contributed by atoms with E-state index in [9.17, 15) is 0 Å². The minimum absolute atomic E-state index is 0. The Hall–Kier alpha value is -6.29. The molecule has 0 N–H and O–H groups in total. The van der Waals surface area contributed by atoms with Crippen molar-refractivity contribution in [2.75, 3.05) is 0 Å². The van der Waals surface area contributed by atoms with Crippen LogP contribution in [0.5, 0.6) is 0 Å². The normalized spacial score (nSPS) is 13.1. The number of aromatic nitrogens is 4. The zero-order valence-electron chi connectivity index (χ0n) is 48.0. The van der Waals surface area contributed by atoms with Crippen molar-refractivity contribution >= 4 is 81.0 Å². The molecular weight excluding hydrogens is 1110 g/mol. The van der Waals surface area contributed by atoms with E-state index in [0.717, 1.165) is 60.7 Å². The SMILES string of the molecule is CC(C)(C)c1ccnc(-c2[c-]cccc2)n1.[2H]C([2H])([2H])c1c[c-]c(-c2nc3ccccc3n2-c2c(C(C)C)cc(-c3cc([Si](C)(C)C)cc([Si](C)(C)C)c3)cc2C(C)C)c2oc3cc4c(ccc5ccccc54)cc3c12.[Ir]. The molecule has 0 bridgehead atoms. The van der Waals surface area contributed by atoms with Crippen LogP contribution in [0.4, 0.5) is 0 Å². The molecule has 0 aliphatic heterocycles. The molecule has 0 aliphatic carbocycles. The number of hydrogen-bond acceptors (Lipinski definition) is 4. The number of aryl methyl sites for hydroxylation is 1. The fourth-order valence-corrected chi connectivity index (χ4v) is 12.5. The minimum Gasteiger partial charge on any atom is -0.501 e. The van der Waals surface area contributed by atoms with E-state index >= 15 is 0 Å². The second-order valence-electron chi connectivity index (χ2n) is 23.4. The van der Waals surface area contributed by atoms with Gasteiger partial charge in [0, 0.05) is 52.6 Å². The Morgan fingerprint density at radius 1 is 0.649 bits per heavy atom. The van der Waals surface area contributed by atoms with Gasteiger partial charge in [-0.2, -0.15) is 0 Å². The van der Waals surface area contributed by atoms with Crippen molar-refractivity contribution in [1.29, 1.82) is 0 Å². The van der Waals surface area contributed by atoms with Gasteiger partial charge < -0.3 is 8.98 Å². The van der Waals surface area contributed by atoms with Crippen LogP contribution in [0, 0.1) is 19.0 Å². The zero-order valence-corrected chi connectivity index (χ0v) is 49.4. The number of benzene rings is 8. The number of hydrogen-bond donors (Lipinski definition) is 0. The van der Waals surface area contributed by atoms with E-state index in [1.54, 1.807) is 6.07 Å². The van der Waals surface area contributed by atoms with Gasteiger partial charge >= 0.3 is 0 Å². The van der Waals surface area contributed by atoms with Gasteiger partial charge in [-0.15, -0.1) is 53.6 Å². The molecule has 11 aromatic rings. The smallest absolute Gasteiger partial charge is 0.121 e. The summed E-state index contributed by atoms with van der Waals surface area (Å²) in [5, 5.41) is 8.68. The van der Waals surface area contributed by atoms with E-state index in [1.807, 2.05) is 54.7 Å². The Bertz CT molecular complexity index is 3950. The van der Waals surface area contributed by atoms with Gasteiger partial charge in [0.25, 0.3) is 0 Å². The van der Waals surface area contributed by atoms with Crippen molar-refractivity contribution in [3.8, 4) is 39.6 Å². The van der Waals surface area contributed by atoms with E-state index in [4.69, 9.17) is 13.5 Å². The molecule has 0 aliphatic rings. The minimum atomic E-state index is -2.39. The number of fused-ring (bicyclic) bond motifs is 7. The van der Waals surface area contributed by atoms with Crippen molar-refractivity contribution in [3.05, 3.63) is 180 Å². The van der Waals surface area contributed by atoms with Crippen LogP contribution in [0.1, 0.15) is 86.8 Å². The maximum Gasteiger partial charge on any atom is 0.121 e. The molecule has 0 saturated heterocycles. The monoisotopic (exact) mass is 1180 g/mol. The predicted molar refractivity (Wildman–Crippen MR) is 317 cm³/mol. The van der Waals surface area contributed by atoms with Gasteiger partial charge in [-0.05, 0) is 98.1 Å². The molecule has 0 spiro atoms. The van der Waals surface area contributed by atoms with Crippen molar-refractivity contribution in [1.82, 2.24) is 19.5 Å². The molecule has 11 rings (SSSR count). The van der Waals surface area contributed by atoms with Crippen LogP contribution in [-0.4, -0.2) is 35.7 Å². The summed E-state index contributed by atoms with van der Waals surface area (Å²) in [7, 11) is -3.25. The van der Waals surface area contributed by atoms with Crippen LogP contribution < -0.4 is 10.4 Å². The van der Waals surface area contributed by atoms with Gasteiger partial charge in [-0.1, -0.05) is 183 Å². The number of para-hydroxylation sites is 2. The molecular formula is C66H68IrN4OSi2-2. The summed E-state index contributed by atoms with van der Waals surface area (Å²) in [6.07, 6.45) is 1.81. The third kappa shape index (κ3) is 10.0. The maximum atomic E-state index is 8.67. The first-order chi connectivity index (χ1) is 35.9. The second kappa shape index (κ2) is 20.1. The van der Waals surface area contributed by atoms with E-state index in [0.29, 0.717) is 27.9 Å². The molecule has 0 amide bonds.